The van der Waals surface area contributed by atoms with Crippen LogP contribution < -0.4 is 14.9 Å². The maximum absolute atomic E-state index is 12.6. The van der Waals surface area contributed by atoms with Gasteiger partial charge in [-0.1, -0.05) is 35.9 Å². The van der Waals surface area contributed by atoms with Crippen LogP contribution in [0, 0.1) is 6.92 Å². The smallest absolute Gasteiger partial charge is 0.251 e. The minimum Gasteiger partial charge on any atom is -0.353 e. The fourth-order valence-corrected chi connectivity index (χ4v) is 4.72. The second-order valence-corrected chi connectivity index (χ2v) is 9.14. The second-order valence-electron chi connectivity index (χ2n) is 7.12. The summed E-state index contributed by atoms with van der Waals surface area (Å²) >= 11 is 0. The highest BCUT2D eigenvalue weighted by atomic mass is 32.2. The molecule has 0 saturated carbocycles. The maximum Gasteiger partial charge on any atom is 0.251 e. The molecule has 0 fully saturated rings. The van der Waals surface area contributed by atoms with Crippen molar-refractivity contribution in [2.75, 3.05) is 23.1 Å². The minimum absolute atomic E-state index is 0.0233. The van der Waals surface area contributed by atoms with Crippen LogP contribution >= 0.6 is 0 Å². The lowest BCUT2D eigenvalue weighted by Gasteiger charge is -2.20. The maximum atomic E-state index is 12.6. The van der Waals surface area contributed by atoms with Crippen LogP contribution in [0.25, 0.3) is 0 Å². The molecule has 8 heteroatoms. The van der Waals surface area contributed by atoms with Crippen molar-refractivity contribution < 1.29 is 18.0 Å². The topological polar surface area (TPSA) is 95.6 Å². The number of nitrogens with zero attached hydrogens (tertiary/aromatic N) is 1. The summed E-state index contributed by atoms with van der Waals surface area (Å²) in [5.41, 5.74) is 3.13. The van der Waals surface area contributed by atoms with E-state index in [4.69, 9.17) is 0 Å². The third-order valence-electron chi connectivity index (χ3n) is 4.86. The number of fused-ring (bicyclic) bond motifs is 1. The largest absolute Gasteiger partial charge is 0.353 e. The first-order chi connectivity index (χ1) is 13.8. The van der Waals surface area contributed by atoms with Crippen LogP contribution in [-0.4, -0.2) is 45.1 Å². The van der Waals surface area contributed by atoms with Gasteiger partial charge in [0.05, 0.1) is 11.4 Å². The highest BCUT2D eigenvalue weighted by Gasteiger charge is 2.29. The molecule has 0 aliphatic carbocycles. The Labute approximate surface area is 171 Å². The first kappa shape index (κ1) is 20.9. The Morgan fingerprint density at radius 3 is 2.66 bits per heavy atom. The van der Waals surface area contributed by atoms with Crippen molar-refractivity contribution in [1.82, 2.24) is 10.6 Å². The molecule has 0 bridgehead atoms. The third kappa shape index (κ3) is 4.95. The van der Waals surface area contributed by atoms with Crippen LogP contribution in [0.15, 0.2) is 48.5 Å². The molecule has 3 rings (SSSR count). The summed E-state index contributed by atoms with van der Waals surface area (Å²) in [6, 6.07) is 13.7. The van der Waals surface area contributed by atoms with E-state index in [1.54, 1.807) is 31.2 Å². The number of carbonyl (C=O) groups excluding carboxylic acids is 2. The fourth-order valence-electron chi connectivity index (χ4n) is 3.30. The second kappa shape index (κ2) is 8.65. The van der Waals surface area contributed by atoms with E-state index in [1.165, 1.54) is 4.31 Å². The Morgan fingerprint density at radius 2 is 1.90 bits per heavy atom. The minimum atomic E-state index is -3.53. The molecule has 154 valence electrons. The number of anilines is 1. The zero-order chi connectivity index (χ0) is 21.0. The van der Waals surface area contributed by atoms with E-state index in [1.807, 2.05) is 31.2 Å². The summed E-state index contributed by atoms with van der Waals surface area (Å²) < 4.78 is 26.7. The highest BCUT2D eigenvalue weighted by molar-refractivity contribution is 7.92. The van der Waals surface area contributed by atoms with Crippen molar-refractivity contribution in [2.24, 2.45) is 0 Å². The number of hydrogen-bond donors (Lipinski definition) is 2. The molecule has 0 spiro atoms. The van der Waals surface area contributed by atoms with Gasteiger partial charge >= 0.3 is 0 Å². The number of sulfonamides is 1. The van der Waals surface area contributed by atoms with Crippen LogP contribution in [0.3, 0.4) is 0 Å². The number of benzene rings is 2. The lowest BCUT2D eigenvalue weighted by atomic mass is 10.1. The van der Waals surface area contributed by atoms with Crippen LogP contribution in [-0.2, 0) is 21.2 Å². The highest BCUT2D eigenvalue weighted by Crippen LogP contribution is 2.29. The van der Waals surface area contributed by atoms with Crippen molar-refractivity contribution in [1.29, 1.82) is 0 Å². The molecular formula is C21H25N3O4S. The zero-order valence-electron chi connectivity index (χ0n) is 16.5. The van der Waals surface area contributed by atoms with Crippen molar-refractivity contribution in [3.63, 3.8) is 0 Å². The lowest BCUT2D eigenvalue weighted by Crippen LogP contribution is -2.46. The summed E-state index contributed by atoms with van der Waals surface area (Å²) in [6.07, 6.45) is 0.684. The normalized spacial score (nSPS) is 14.2. The van der Waals surface area contributed by atoms with Crippen molar-refractivity contribution in [3.05, 3.63) is 65.2 Å². The predicted molar refractivity (Wildman–Crippen MR) is 112 cm³/mol. The number of aryl methyl sites for hydroxylation is 1. The number of nitrogens with one attached hydrogen (secondary N) is 2. The van der Waals surface area contributed by atoms with E-state index >= 15 is 0 Å². The molecule has 2 amide bonds. The number of rotatable bonds is 7. The Balaban J connectivity index is 1.51. The van der Waals surface area contributed by atoms with Gasteiger partial charge in [0.2, 0.25) is 15.9 Å². The molecule has 2 aromatic rings. The van der Waals surface area contributed by atoms with Gasteiger partial charge in [0.15, 0.2) is 0 Å². The number of amides is 2. The molecular weight excluding hydrogens is 390 g/mol. The average Bonchev–Trinajstić information content (AvgIpc) is 3.12. The van der Waals surface area contributed by atoms with Gasteiger partial charge in [-0.2, -0.15) is 0 Å². The van der Waals surface area contributed by atoms with Crippen LogP contribution in [0.4, 0.5) is 5.69 Å². The van der Waals surface area contributed by atoms with E-state index < -0.39 is 22.0 Å². The standard InChI is InChI=1S/C21H25N3O4S/c1-15-6-5-8-18(14-15)21(26)23-16(2)20(25)22-11-13-29(27,28)24-12-10-17-7-3-4-9-19(17)24/h3-9,14,16H,10-13H2,1-2H3,(H,22,25)(H,23,26). The molecule has 2 aromatic carbocycles. The monoisotopic (exact) mass is 415 g/mol. The Hall–Kier alpha value is -2.87. The van der Waals surface area contributed by atoms with E-state index in [-0.39, 0.29) is 18.2 Å². The molecule has 0 radical (unpaired) electrons. The van der Waals surface area contributed by atoms with Gasteiger partial charge in [0, 0.05) is 18.7 Å². The summed E-state index contributed by atoms with van der Waals surface area (Å²) in [6.45, 7) is 3.84. The summed E-state index contributed by atoms with van der Waals surface area (Å²) in [5.74, 6) is -0.980. The van der Waals surface area contributed by atoms with Crippen LogP contribution in [0.5, 0.6) is 0 Å². The summed E-state index contributed by atoms with van der Waals surface area (Å²) in [7, 11) is -3.53. The van der Waals surface area contributed by atoms with Gasteiger partial charge in [0.1, 0.15) is 6.04 Å². The van der Waals surface area contributed by atoms with Gasteiger partial charge in [-0.15, -0.1) is 0 Å². The fraction of sp³-hybridized carbons (Fsp3) is 0.333. The van der Waals surface area contributed by atoms with Gasteiger partial charge in [-0.25, -0.2) is 8.42 Å². The van der Waals surface area contributed by atoms with Crippen molar-refractivity contribution in [2.45, 2.75) is 26.3 Å². The molecule has 0 aromatic heterocycles. The first-order valence-corrected chi connectivity index (χ1v) is 11.1. The molecule has 1 aliphatic heterocycles. The number of carbonyl (C=O) groups is 2. The lowest BCUT2D eigenvalue weighted by molar-refractivity contribution is -0.122. The molecule has 7 nitrogen and oxygen atoms in total. The van der Waals surface area contributed by atoms with Gasteiger partial charge in [0.25, 0.3) is 5.91 Å². The average molecular weight is 416 g/mol. The van der Waals surface area contributed by atoms with Crippen LogP contribution in [0.1, 0.15) is 28.4 Å². The predicted octanol–water partition coefficient (Wildman–Crippen LogP) is 1.62. The quantitative estimate of drug-likeness (QED) is 0.718. The third-order valence-corrected chi connectivity index (χ3v) is 6.63. The Bertz CT molecular complexity index is 1020. The van der Waals surface area contributed by atoms with Gasteiger partial charge in [-0.05, 0) is 44.0 Å². The Kier molecular flexibility index (Phi) is 6.22. The van der Waals surface area contributed by atoms with Crippen molar-refractivity contribution in [3.8, 4) is 0 Å². The summed E-state index contributed by atoms with van der Waals surface area (Å²) in [5, 5.41) is 5.22. The molecule has 1 atom stereocenters. The van der Waals surface area contributed by atoms with E-state index in [0.717, 1.165) is 11.1 Å². The molecule has 1 heterocycles. The SMILES string of the molecule is Cc1cccc(C(=O)NC(C)C(=O)NCCS(=O)(=O)N2CCc3ccccc32)c1. The number of hydrogen-bond acceptors (Lipinski definition) is 4. The molecule has 2 N–H and O–H groups in total. The first-order valence-electron chi connectivity index (χ1n) is 9.51. The van der Waals surface area contributed by atoms with Crippen LogP contribution in [0.2, 0.25) is 0 Å². The van der Waals surface area contributed by atoms with Gasteiger partial charge < -0.3 is 10.6 Å². The molecule has 29 heavy (non-hydrogen) atoms. The molecule has 0 saturated heterocycles. The summed E-state index contributed by atoms with van der Waals surface area (Å²) in [4.78, 5) is 24.5. The molecule has 1 unspecified atom stereocenters. The van der Waals surface area contributed by atoms with Gasteiger partial charge in [-0.3, -0.25) is 13.9 Å². The van der Waals surface area contributed by atoms with E-state index in [2.05, 4.69) is 10.6 Å². The number of para-hydroxylation sites is 1. The van der Waals surface area contributed by atoms with E-state index in [0.29, 0.717) is 24.2 Å². The van der Waals surface area contributed by atoms with E-state index in [9.17, 15) is 18.0 Å². The molecule has 1 aliphatic rings. The van der Waals surface area contributed by atoms with Crippen molar-refractivity contribution >= 4 is 27.5 Å². The zero-order valence-corrected chi connectivity index (χ0v) is 17.3. The Morgan fingerprint density at radius 1 is 1.14 bits per heavy atom.